The molecule has 78 valence electrons. The van der Waals surface area contributed by atoms with Gasteiger partial charge in [-0.2, -0.15) is 0 Å². The number of anilines is 1. The van der Waals surface area contributed by atoms with Crippen molar-refractivity contribution < 1.29 is 0 Å². The van der Waals surface area contributed by atoms with Gasteiger partial charge < -0.3 is 9.47 Å². The molecule has 1 aliphatic rings. The summed E-state index contributed by atoms with van der Waals surface area (Å²) in [7, 11) is 4.36. The molecule has 2 heterocycles. The second kappa shape index (κ2) is 3.02. The highest BCUT2D eigenvalue weighted by molar-refractivity contribution is 5.90. The lowest BCUT2D eigenvalue weighted by atomic mass is 10.0. The lowest BCUT2D eigenvalue weighted by Crippen LogP contribution is -2.26. The van der Waals surface area contributed by atoms with Crippen LogP contribution in [0.2, 0.25) is 0 Å². The lowest BCUT2D eigenvalue weighted by Gasteiger charge is -2.26. The van der Waals surface area contributed by atoms with Gasteiger partial charge >= 0.3 is 0 Å². The van der Waals surface area contributed by atoms with Gasteiger partial charge in [-0.1, -0.05) is 18.2 Å². The molecule has 0 unspecified atom stereocenters. The second-order valence-electron chi connectivity index (χ2n) is 4.40. The maximum absolute atomic E-state index is 2.37. The van der Waals surface area contributed by atoms with E-state index in [1.54, 1.807) is 0 Å². The maximum Gasteiger partial charge on any atom is 0.112 e. The van der Waals surface area contributed by atoms with Gasteiger partial charge in [0.25, 0.3) is 0 Å². The molecule has 0 atom stereocenters. The molecule has 0 spiro atoms. The Morgan fingerprint density at radius 3 is 2.80 bits per heavy atom. The third kappa shape index (κ3) is 1.11. The van der Waals surface area contributed by atoms with Gasteiger partial charge in [-0.25, -0.2) is 0 Å². The Labute approximate surface area is 90.1 Å². The minimum atomic E-state index is 1.18. The molecule has 0 N–H and O–H groups in total. The summed E-state index contributed by atoms with van der Waals surface area (Å²) in [5.74, 6) is 1.41. The number of hydrogen-bond donors (Lipinski definition) is 0. The largest absolute Gasteiger partial charge is 0.361 e. The Hall–Kier alpha value is -1.44. The molecular weight excluding hydrogens is 184 g/mol. The van der Waals surface area contributed by atoms with Crippen molar-refractivity contribution >= 4 is 16.7 Å². The zero-order chi connectivity index (χ0) is 10.4. The third-order valence-electron chi connectivity index (χ3n) is 3.46. The van der Waals surface area contributed by atoms with Gasteiger partial charge in [0.05, 0.1) is 0 Å². The van der Waals surface area contributed by atoms with E-state index in [0.717, 1.165) is 0 Å². The predicted octanol–water partition coefficient (Wildman–Crippen LogP) is 2.56. The highest BCUT2D eigenvalue weighted by Gasteiger charge is 2.20. The Bertz CT molecular complexity index is 510. The Morgan fingerprint density at radius 1 is 1.13 bits per heavy atom. The van der Waals surface area contributed by atoms with E-state index in [9.17, 15) is 0 Å². The maximum atomic E-state index is 2.37. The number of aryl methyl sites for hydroxylation is 2. The molecule has 3 rings (SSSR count). The van der Waals surface area contributed by atoms with Crippen LogP contribution in [0.5, 0.6) is 0 Å². The summed E-state index contributed by atoms with van der Waals surface area (Å²) in [6, 6.07) is 8.71. The van der Waals surface area contributed by atoms with Gasteiger partial charge in [0.2, 0.25) is 0 Å². The zero-order valence-electron chi connectivity index (χ0n) is 9.33. The summed E-state index contributed by atoms with van der Waals surface area (Å²) < 4.78 is 2.32. The molecule has 0 saturated heterocycles. The first-order valence-corrected chi connectivity index (χ1v) is 5.56. The first-order valence-electron chi connectivity index (χ1n) is 5.56. The van der Waals surface area contributed by atoms with Crippen LogP contribution < -0.4 is 4.90 Å². The van der Waals surface area contributed by atoms with Gasteiger partial charge in [-0.15, -0.1) is 0 Å². The summed E-state index contributed by atoms with van der Waals surface area (Å²) >= 11 is 0. The predicted molar refractivity (Wildman–Crippen MR) is 64.5 cm³/mol. The fourth-order valence-electron chi connectivity index (χ4n) is 2.79. The molecule has 2 aromatic rings. The number of benzene rings is 1. The van der Waals surface area contributed by atoms with E-state index in [0.29, 0.717) is 0 Å². The summed E-state index contributed by atoms with van der Waals surface area (Å²) in [6.45, 7) is 1.18. The minimum Gasteiger partial charge on any atom is -0.361 e. The SMILES string of the molecule is CN1CCCc2c1n(C)c1ccccc21. The Balaban J connectivity index is 2.40. The summed E-state index contributed by atoms with van der Waals surface area (Å²) in [6.07, 6.45) is 2.50. The van der Waals surface area contributed by atoms with Crippen LogP contribution in [0.3, 0.4) is 0 Å². The van der Waals surface area contributed by atoms with Crippen molar-refractivity contribution in [1.29, 1.82) is 0 Å². The molecule has 2 nitrogen and oxygen atoms in total. The minimum absolute atomic E-state index is 1.18. The topological polar surface area (TPSA) is 8.17 Å². The van der Waals surface area contributed by atoms with Crippen LogP contribution >= 0.6 is 0 Å². The summed E-state index contributed by atoms with van der Waals surface area (Å²) in [5, 5.41) is 1.43. The van der Waals surface area contributed by atoms with E-state index in [4.69, 9.17) is 0 Å². The molecule has 1 aromatic carbocycles. The highest BCUT2D eigenvalue weighted by Crippen LogP contribution is 2.34. The molecule has 1 aromatic heterocycles. The van der Waals surface area contributed by atoms with E-state index < -0.39 is 0 Å². The van der Waals surface area contributed by atoms with Crippen molar-refractivity contribution in [3.05, 3.63) is 29.8 Å². The van der Waals surface area contributed by atoms with Gasteiger partial charge in [0.15, 0.2) is 0 Å². The second-order valence-corrected chi connectivity index (χ2v) is 4.40. The van der Waals surface area contributed by atoms with E-state index in [2.05, 4.69) is 47.8 Å². The fraction of sp³-hybridized carbons (Fsp3) is 0.385. The van der Waals surface area contributed by atoms with Crippen LogP contribution in [-0.4, -0.2) is 18.2 Å². The van der Waals surface area contributed by atoms with E-state index >= 15 is 0 Å². The van der Waals surface area contributed by atoms with Crippen LogP contribution in [0.15, 0.2) is 24.3 Å². The van der Waals surface area contributed by atoms with E-state index in [-0.39, 0.29) is 0 Å². The van der Waals surface area contributed by atoms with Crippen molar-refractivity contribution in [2.75, 3.05) is 18.5 Å². The van der Waals surface area contributed by atoms with E-state index in [1.807, 2.05) is 0 Å². The third-order valence-corrected chi connectivity index (χ3v) is 3.46. The number of para-hydroxylation sites is 1. The molecule has 2 heteroatoms. The molecule has 0 saturated carbocycles. The number of aromatic nitrogens is 1. The normalized spacial score (nSPS) is 15.7. The first kappa shape index (κ1) is 8.84. The molecular formula is C13H16N2. The smallest absolute Gasteiger partial charge is 0.112 e. The van der Waals surface area contributed by atoms with Gasteiger partial charge in [0.1, 0.15) is 5.82 Å². The molecule has 0 fully saturated rings. The fourth-order valence-corrected chi connectivity index (χ4v) is 2.79. The van der Waals surface area contributed by atoms with Crippen LogP contribution in [0, 0.1) is 0 Å². The van der Waals surface area contributed by atoms with Crippen molar-refractivity contribution in [2.45, 2.75) is 12.8 Å². The Kier molecular flexibility index (Phi) is 1.78. The van der Waals surface area contributed by atoms with Crippen molar-refractivity contribution in [2.24, 2.45) is 7.05 Å². The molecule has 0 radical (unpaired) electrons. The van der Waals surface area contributed by atoms with Crippen LogP contribution in [0.25, 0.3) is 10.9 Å². The molecule has 1 aliphatic heterocycles. The number of nitrogens with zero attached hydrogens (tertiary/aromatic N) is 2. The lowest BCUT2D eigenvalue weighted by molar-refractivity contribution is 0.719. The van der Waals surface area contributed by atoms with Crippen molar-refractivity contribution in [3.63, 3.8) is 0 Å². The summed E-state index contributed by atoms with van der Waals surface area (Å²) in [5.41, 5.74) is 2.89. The molecule has 0 bridgehead atoms. The number of rotatable bonds is 0. The van der Waals surface area contributed by atoms with Crippen LogP contribution in [0.4, 0.5) is 5.82 Å². The molecule has 15 heavy (non-hydrogen) atoms. The quantitative estimate of drug-likeness (QED) is 0.634. The standard InChI is InChI=1S/C13H16N2/c1-14-9-5-7-11-10-6-3-4-8-12(10)15(2)13(11)14/h3-4,6,8H,5,7,9H2,1-2H3. The van der Waals surface area contributed by atoms with Crippen LogP contribution in [0.1, 0.15) is 12.0 Å². The average Bonchev–Trinajstić information content (AvgIpc) is 2.55. The first-order chi connectivity index (χ1) is 7.29. The van der Waals surface area contributed by atoms with Gasteiger partial charge in [-0.05, 0) is 18.9 Å². The molecule has 0 aliphatic carbocycles. The van der Waals surface area contributed by atoms with Gasteiger partial charge in [0, 0.05) is 37.1 Å². The van der Waals surface area contributed by atoms with Gasteiger partial charge in [-0.3, -0.25) is 0 Å². The highest BCUT2D eigenvalue weighted by atomic mass is 15.2. The number of fused-ring (bicyclic) bond motifs is 3. The molecule has 0 amide bonds. The Morgan fingerprint density at radius 2 is 1.93 bits per heavy atom. The monoisotopic (exact) mass is 200 g/mol. The number of hydrogen-bond acceptors (Lipinski definition) is 1. The van der Waals surface area contributed by atoms with Crippen molar-refractivity contribution in [3.8, 4) is 0 Å². The average molecular weight is 200 g/mol. The van der Waals surface area contributed by atoms with E-state index in [1.165, 1.54) is 41.7 Å². The van der Waals surface area contributed by atoms with Crippen molar-refractivity contribution in [1.82, 2.24) is 4.57 Å². The zero-order valence-corrected chi connectivity index (χ0v) is 9.33. The van der Waals surface area contributed by atoms with Crippen LogP contribution in [-0.2, 0) is 13.5 Å². The summed E-state index contributed by atoms with van der Waals surface area (Å²) in [4.78, 5) is 2.37.